The molecule has 0 aromatic heterocycles. The summed E-state index contributed by atoms with van der Waals surface area (Å²) in [5, 5.41) is 3.39. The molecule has 1 heterocycles. The second-order valence-electron chi connectivity index (χ2n) is 4.78. The molecule has 17 heavy (non-hydrogen) atoms. The quantitative estimate of drug-likeness (QED) is 0.725. The number of ether oxygens (including phenoxy) is 1. The van der Waals surface area contributed by atoms with Gasteiger partial charge in [0.25, 0.3) is 0 Å². The molecule has 5 heteroatoms. The Balaban J connectivity index is 2.43. The van der Waals surface area contributed by atoms with E-state index in [1.165, 1.54) is 7.11 Å². The third-order valence-electron chi connectivity index (χ3n) is 3.45. The van der Waals surface area contributed by atoms with Crippen LogP contribution >= 0.6 is 0 Å². The lowest BCUT2D eigenvalue weighted by Gasteiger charge is -2.33. The number of methoxy groups -OCH3 is 1. The largest absolute Gasteiger partial charge is 0.469 e. The van der Waals surface area contributed by atoms with Gasteiger partial charge >= 0.3 is 5.97 Å². The number of amides is 1. The second kappa shape index (κ2) is 6.00. The number of carbonyl (C=O) groups is 2. The van der Waals surface area contributed by atoms with Gasteiger partial charge in [0.2, 0.25) is 5.91 Å². The molecule has 5 nitrogen and oxygen atoms in total. The van der Waals surface area contributed by atoms with Gasteiger partial charge in [-0.2, -0.15) is 0 Å². The van der Waals surface area contributed by atoms with Gasteiger partial charge in [0.05, 0.1) is 13.0 Å². The van der Waals surface area contributed by atoms with Gasteiger partial charge in [-0.15, -0.1) is 0 Å². The summed E-state index contributed by atoms with van der Waals surface area (Å²) in [6.07, 6.45) is 1.41. The number of likely N-dealkylation sites (tertiary alicyclic amines) is 1. The molecule has 1 amide bonds. The highest BCUT2D eigenvalue weighted by Gasteiger charge is 2.27. The Labute approximate surface area is 102 Å². The zero-order chi connectivity index (χ0) is 13.0. The topological polar surface area (TPSA) is 58.6 Å². The third kappa shape index (κ3) is 3.70. The Hall–Kier alpha value is -1.10. The average Bonchev–Trinajstić information content (AvgIpc) is 2.31. The van der Waals surface area contributed by atoms with E-state index in [9.17, 15) is 9.59 Å². The lowest BCUT2D eigenvalue weighted by atomic mass is 9.99. The highest BCUT2D eigenvalue weighted by molar-refractivity contribution is 5.76. The van der Waals surface area contributed by atoms with Crippen molar-refractivity contribution >= 4 is 11.9 Å². The van der Waals surface area contributed by atoms with Crippen LogP contribution in [0.4, 0.5) is 0 Å². The zero-order valence-electron chi connectivity index (χ0n) is 11.0. The van der Waals surface area contributed by atoms with Gasteiger partial charge in [-0.1, -0.05) is 6.92 Å². The molecule has 1 aliphatic rings. The average molecular weight is 242 g/mol. The Kier molecular flexibility index (Phi) is 4.93. The molecule has 98 valence electrons. The number of likely N-dealkylation sites (N-methyl/N-ethyl adjacent to an activating group) is 1. The van der Waals surface area contributed by atoms with Crippen molar-refractivity contribution in [1.82, 2.24) is 10.2 Å². The first-order chi connectivity index (χ1) is 7.95. The molecule has 3 unspecified atom stereocenters. The Morgan fingerprint density at radius 1 is 1.53 bits per heavy atom. The van der Waals surface area contributed by atoms with Crippen molar-refractivity contribution in [2.75, 3.05) is 20.7 Å². The van der Waals surface area contributed by atoms with Crippen molar-refractivity contribution in [1.29, 1.82) is 0 Å². The van der Waals surface area contributed by atoms with E-state index in [-0.39, 0.29) is 29.9 Å². The monoisotopic (exact) mass is 242 g/mol. The normalized spacial score (nSPS) is 24.4. The molecule has 0 aromatic rings. The Morgan fingerprint density at radius 3 is 2.71 bits per heavy atom. The Morgan fingerprint density at radius 2 is 2.18 bits per heavy atom. The second-order valence-corrected chi connectivity index (χ2v) is 4.78. The number of esters is 1. The maximum absolute atomic E-state index is 11.4. The first kappa shape index (κ1) is 14.0. The minimum Gasteiger partial charge on any atom is -0.469 e. The van der Waals surface area contributed by atoms with Crippen molar-refractivity contribution in [3.63, 3.8) is 0 Å². The van der Waals surface area contributed by atoms with Crippen LogP contribution in [0.5, 0.6) is 0 Å². The Bertz CT molecular complexity index is 293. The smallest absolute Gasteiger partial charge is 0.309 e. The van der Waals surface area contributed by atoms with E-state index in [1.807, 2.05) is 20.9 Å². The molecule has 0 aliphatic carbocycles. The molecule has 3 atom stereocenters. The van der Waals surface area contributed by atoms with E-state index in [2.05, 4.69) is 5.32 Å². The van der Waals surface area contributed by atoms with E-state index in [4.69, 9.17) is 4.74 Å². The lowest BCUT2D eigenvalue weighted by molar-refractivity contribution is -0.146. The van der Waals surface area contributed by atoms with Crippen LogP contribution in [0.3, 0.4) is 0 Å². The van der Waals surface area contributed by atoms with Crippen LogP contribution in [0.1, 0.15) is 26.7 Å². The third-order valence-corrected chi connectivity index (χ3v) is 3.45. The minimum absolute atomic E-state index is 0.0500. The van der Waals surface area contributed by atoms with Gasteiger partial charge in [0, 0.05) is 32.1 Å². The maximum Gasteiger partial charge on any atom is 0.309 e. The zero-order valence-corrected chi connectivity index (χ0v) is 11.0. The molecule has 1 rings (SSSR count). The van der Waals surface area contributed by atoms with E-state index in [0.717, 1.165) is 6.42 Å². The summed E-state index contributed by atoms with van der Waals surface area (Å²) in [5.41, 5.74) is 0. The highest BCUT2D eigenvalue weighted by Crippen LogP contribution is 2.13. The van der Waals surface area contributed by atoms with Crippen LogP contribution < -0.4 is 5.32 Å². The van der Waals surface area contributed by atoms with Crippen molar-refractivity contribution in [2.45, 2.75) is 38.8 Å². The highest BCUT2D eigenvalue weighted by atomic mass is 16.5. The number of rotatable bonds is 4. The molecule has 1 N–H and O–H groups in total. The van der Waals surface area contributed by atoms with Gasteiger partial charge in [-0.05, 0) is 13.3 Å². The van der Waals surface area contributed by atoms with Crippen molar-refractivity contribution in [2.24, 2.45) is 5.92 Å². The van der Waals surface area contributed by atoms with Gasteiger partial charge in [-0.25, -0.2) is 0 Å². The number of nitrogens with zero attached hydrogens (tertiary/aromatic N) is 1. The van der Waals surface area contributed by atoms with E-state index in [0.29, 0.717) is 13.0 Å². The fourth-order valence-corrected chi connectivity index (χ4v) is 2.05. The fraction of sp³-hybridized carbons (Fsp3) is 0.833. The number of piperidine rings is 1. The minimum atomic E-state index is -0.203. The molecule has 0 saturated carbocycles. The fourth-order valence-electron chi connectivity index (χ4n) is 2.05. The SMILES string of the molecule is COC(=O)C(C)C(C)NC1CCC(=O)N(C)C1. The van der Waals surface area contributed by atoms with Crippen molar-refractivity contribution in [3.05, 3.63) is 0 Å². The maximum atomic E-state index is 11.4. The molecular weight excluding hydrogens is 220 g/mol. The molecule has 0 bridgehead atoms. The number of hydrogen-bond donors (Lipinski definition) is 1. The van der Waals surface area contributed by atoms with Gasteiger partial charge in [0.15, 0.2) is 0 Å². The molecule has 1 aliphatic heterocycles. The first-order valence-electron chi connectivity index (χ1n) is 6.03. The number of hydrogen-bond acceptors (Lipinski definition) is 4. The molecule has 1 fully saturated rings. The van der Waals surface area contributed by atoms with Crippen LogP contribution in [0, 0.1) is 5.92 Å². The number of nitrogens with one attached hydrogen (secondary N) is 1. The number of carbonyl (C=O) groups excluding carboxylic acids is 2. The summed E-state index contributed by atoms with van der Waals surface area (Å²) in [5.74, 6) is -0.190. The first-order valence-corrected chi connectivity index (χ1v) is 6.03. The summed E-state index contributed by atoms with van der Waals surface area (Å²) in [4.78, 5) is 24.5. The van der Waals surface area contributed by atoms with Crippen LogP contribution in [-0.2, 0) is 14.3 Å². The molecule has 0 aromatic carbocycles. The van der Waals surface area contributed by atoms with Gasteiger partial charge in [0.1, 0.15) is 0 Å². The van der Waals surface area contributed by atoms with Crippen LogP contribution in [0.25, 0.3) is 0 Å². The van der Waals surface area contributed by atoms with E-state index < -0.39 is 0 Å². The summed E-state index contributed by atoms with van der Waals surface area (Å²) < 4.78 is 4.72. The molecule has 0 spiro atoms. The predicted octanol–water partition coefficient (Wildman–Crippen LogP) is 0.394. The van der Waals surface area contributed by atoms with Crippen molar-refractivity contribution in [3.8, 4) is 0 Å². The summed E-state index contributed by atoms with van der Waals surface area (Å²) in [6, 6.07) is 0.314. The van der Waals surface area contributed by atoms with Gasteiger partial charge in [-0.3, -0.25) is 9.59 Å². The van der Waals surface area contributed by atoms with Gasteiger partial charge < -0.3 is 15.0 Å². The lowest BCUT2D eigenvalue weighted by Crippen LogP contribution is -2.51. The molecule has 0 radical (unpaired) electrons. The van der Waals surface area contributed by atoms with Crippen LogP contribution in [0.15, 0.2) is 0 Å². The predicted molar refractivity (Wildman–Crippen MR) is 64.4 cm³/mol. The summed E-state index contributed by atoms with van der Waals surface area (Å²) in [7, 11) is 3.21. The van der Waals surface area contributed by atoms with Crippen LogP contribution in [-0.4, -0.2) is 49.6 Å². The van der Waals surface area contributed by atoms with Crippen LogP contribution in [0.2, 0.25) is 0 Å². The van der Waals surface area contributed by atoms with E-state index in [1.54, 1.807) is 4.90 Å². The molecule has 1 saturated heterocycles. The summed E-state index contributed by atoms with van der Waals surface area (Å²) >= 11 is 0. The van der Waals surface area contributed by atoms with E-state index >= 15 is 0 Å². The standard InChI is InChI=1S/C12H22N2O3/c1-8(12(16)17-4)9(2)13-10-5-6-11(15)14(3)7-10/h8-10,13H,5-7H2,1-4H3. The molecular formula is C12H22N2O3. The summed E-state index contributed by atoms with van der Waals surface area (Å²) in [6.45, 7) is 4.52. The van der Waals surface area contributed by atoms with Crippen molar-refractivity contribution < 1.29 is 14.3 Å².